The topological polar surface area (TPSA) is 51.4 Å². The zero-order valence-electron chi connectivity index (χ0n) is 11.4. The van der Waals surface area contributed by atoms with Gasteiger partial charge in [0.2, 0.25) is 0 Å². The van der Waals surface area contributed by atoms with Crippen molar-refractivity contribution in [2.45, 2.75) is 50.9 Å². The van der Waals surface area contributed by atoms with E-state index in [4.69, 9.17) is 10.5 Å². The Morgan fingerprint density at radius 2 is 2.26 bits per heavy atom. The fourth-order valence-electron chi connectivity index (χ4n) is 3.39. The van der Waals surface area contributed by atoms with Crippen LogP contribution in [0.15, 0.2) is 18.3 Å². The molecule has 4 nitrogen and oxygen atoms in total. The van der Waals surface area contributed by atoms with Crippen molar-refractivity contribution in [2.75, 3.05) is 13.2 Å². The summed E-state index contributed by atoms with van der Waals surface area (Å²) in [6.07, 6.45) is 7.41. The van der Waals surface area contributed by atoms with E-state index >= 15 is 0 Å². The Hall–Kier alpha value is -0.970. The van der Waals surface area contributed by atoms with Gasteiger partial charge in [-0.2, -0.15) is 0 Å². The van der Waals surface area contributed by atoms with Gasteiger partial charge in [-0.25, -0.2) is 0 Å². The highest BCUT2D eigenvalue weighted by Gasteiger charge is 2.34. The zero-order valence-corrected chi connectivity index (χ0v) is 11.4. The zero-order chi connectivity index (χ0) is 13.1. The molecule has 1 aromatic rings. The van der Waals surface area contributed by atoms with E-state index in [1.807, 2.05) is 12.3 Å². The number of nitrogens with two attached hydrogens (primary N) is 1. The minimum Gasteiger partial charge on any atom is -0.375 e. The van der Waals surface area contributed by atoms with Crippen molar-refractivity contribution in [1.29, 1.82) is 0 Å². The standard InChI is InChI=1S/C15H23N3O/c16-10-13-12(4-3-7-17-13)11-18-8-9-19-15-6-2-1-5-14(15)18/h3-4,7,14-15H,1-2,5-6,8-11,16H2. The van der Waals surface area contributed by atoms with Crippen LogP contribution < -0.4 is 5.73 Å². The van der Waals surface area contributed by atoms with Crippen LogP contribution in [0.4, 0.5) is 0 Å². The molecule has 0 spiro atoms. The number of aromatic nitrogens is 1. The first kappa shape index (κ1) is 13.0. The van der Waals surface area contributed by atoms with Crippen molar-refractivity contribution >= 4 is 0 Å². The summed E-state index contributed by atoms with van der Waals surface area (Å²) in [6.45, 7) is 3.37. The van der Waals surface area contributed by atoms with E-state index < -0.39 is 0 Å². The number of rotatable bonds is 3. The molecule has 2 unspecified atom stereocenters. The summed E-state index contributed by atoms with van der Waals surface area (Å²) in [4.78, 5) is 6.96. The molecule has 3 rings (SSSR count). The van der Waals surface area contributed by atoms with Gasteiger partial charge in [0.25, 0.3) is 0 Å². The Balaban J connectivity index is 1.74. The third-order valence-electron chi connectivity index (χ3n) is 4.40. The Kier molecular flexibility index (Phi) is 4.11. The van der Waals surface area contributed by atoms with Crippen molar-refractivity contribution in [3.05, 3.63) is 29.6 Å². The second kappa shape index (κ2) is 5.99. The Labute approximate surface area is 115 Å². The summed E-state index contributed by atoms with van der Waals surface area (Å²) in [5.41, 5.74) is 8.09. The predicted octanol–water partition coefficient (Wildman–Crippen LogP) is 1.68. The number of hydrogen-bond donors (Lipinski definition) is 1. The summed E-state index contributed by atoms with van der Waals surface area (Å²) >= 11 is 0. The van der Waals surface area contributed by atoms with Gasteiger partial charge in [-0.1, -0.05) is 18.9 Å². The van der Waals surface area contributed by atoms with Gasteiger partial charge in [-0.3, -0.25) is 9.88 Å². The number of ether oxygens (including phenoxy) is 1. The quantitative estimate of drug-likeness (QED) is 0.899. The molecule has 0 radical (unpaired) electrons. The largest absolute Gasteiger partial charge is 0.375 e. The molecule has 0 amide bonds. The van der Waals surface area contributed by atoms with Crippen LogP contribution in [-0.2, 0) is 17.8 Å². The van der Waals surface area contributed by atoms with Crippen LogP contribution in [0.2, 0.25) is 0 Å². The van der Waals surface area contributed by atoms with Crippen molar-refractivity contribution in [3.8, 4) is 0 Å². The molecule has 1 aromatic heterocycles. The first-order valence-corrected chi connectivity index (χ1v) is 7.37. The fourth-order valence-corrected chi connectivity index (χ4v) is 3.39. The van der Waals surface area contributed by atoms with Crippen molar-refractivity contribution in [2.24, 2.45) is 5.73 Å². The molecular formula is C15H23N3O. The number of pyridine rings is 1. The molecule has 2 heterocycles. The Bertz CT molecular complexity index is 422. The molecule has 1 saturated carbocycles. The first-order valence-electron chi connectivity index (χ1n) is 7.37. The summed E-state index contributed by atoms with van der Waals surface area (Å²) < 4.78 is 5.92. The first-order chi connectivity index (χ1) is 9.38. The molecule has 1 saturated heterocycles. The molecule has 1 aliphatic heterocycles. The highest BCUT2D eigenvalue weighted by atomic mass is 16.5. The van der Waals surface area contributed by atoms with Crippen LogP contribution in [0, 0.1) is 0 Å². The van der Waals surface area contributed by atoms with Crippen LogP contribution in [0.5, 0.6) is 0 Å². The van der Waals surface area contributed by atoms with Crippen LogP contribution in [-0.4, -0.2) is 35.2 Å². The van der Waals surface area contributed by atoms with Crippen LogP contribution in [0.3, 0.4) is 0 Å². The number of fused-ring (bicyclic) bond motifs is 1. The fraction of sp³-hybridized carbons (Fsp3) is 0.667. The number of morpholine rings is 1. The monoisotopic (exact) mass is 261 g/mol. The third-order valence-corrected chi connectivity index (χ3v) is 4.40. The molecule has 4 heteroatoms. The van der Waals surface area contributed by atoms with Gasteiger partial charge >= 0.3 is 0 Å². The minimum atomic E-state index is 0.445. The number of nitrogens with zero attached hydrogens (tertiary/aromatic N) is 2. The van der Waals surface area contributed by atoms with E-state index in [1.54, 1.807) is 0 Å². The van der Waals surface area contributed by atoms with Gasteiger partial charge < -0.3 is 10.5 Å². The molecular weight excluding hydrogens is 238 g/mol. The van der Waals surface area contributed by atoms with Gasteiger partial charge in [0.15, 0.2) is 0 Å². The lowest BCUT2D eigenvalue weighted by molar-refractivity contribution is -0.0912. The second-order valence-corrected chi connectivity index (χ2v) is 5.54. The lowest BCUT2D eigenvalue weighted by atomic mass is 9.90. The Morgan fingerprint density at radius 3 is 3.16 bits per heavy atom. The van der Waals surface area contributed by atoms with E-state index in [2.05, 4.69) is 16.0 Å². The van der Waals surface area contributed by atoms with E-state index in [9.17, 15) is 0 Å². The van der Waals surface area contributed by atoms with Crippen LogP contribution in [0.1, 0.15) is 36.9 Å². The molecule has 19 heavy (non-hydrogen) atoms. The van der Waals surface area contributed by atoms with E-state index in [-0.39, 0.29) is 0 Å². The molecule has 1 aliphatic carbocycles. The highest BCUT2D eigenvalue weighted by molar-refractivity contribution is 5.19. The van der Waals surface area contributed by atoms with E-state index in [1.165, 1.54) is 31.2 Å². The lowest BCUT2D eigenvalue weighted by Gasteiger charge is -2.44. The van der Waals surface area contributed by atoms with Crippen LogP contribution >= 0.6 is 0 Å². The summed E-state index contributed by atoms with van der Waals surface area (Å²) in [7, 11) is 0. The van der Waals surface area contributed by atoms with Gasteiger partial charge in [-0.05, 0) is 24.5 Å². The maximum Gasteiger partial charge on any atom is 0.0731 e. The number of hydrogen-bond acceptors (Lipinski definition) is 4. The van der Waals surface area contributed by atoms with Gasteiger partial charge in [0, 0.05) is 31.9 Å². The molecule has 0 bridgehead atoms. The van der Waals surface area contributed by atoms with Gasteiger partial charge in [0.05, 0.1) is 18.4 Å². The lowest BCUT2D eigenvalue weighted by Crippen LogP contribution is -2.52. The van der Waals surface area contributed by atoms with E-state index in [0.29, 0.717) is 18.7 Å². The van der Waals surface area contributed by atoms with Gasteiger partial charge in [0.1, 0.15) is 0 Å². The molecule has 104 valence electrons. The van der Waals surface area contributed by atoms with Crippen LogP contribution in [0.25, 0.3) is 0 Å². The molecule has 2 fully saturated rings. The van der Waals surface area contributed by atoms with Crippen molar-refractivity contribution < 1.29 is 4.74 Å². The smallest absolute Gasteiger partial charge is 0.0731 e. The summed E-state index contributed by atoms with van der Waals surface area (Å²) in [5, 5.41) is 0. The molecule has 2 N–H and O–H groups in total. The average Bonchev–Trinajstić information content (AvgIpc) is 2.48. The third kappa shape index (κ3) is 2.81. The Morgan fingerprint density at radius 1 is 1.37 bits per heavy atom. The van der Waals surface area contributed by atoms with Crippen molar-refractivity contribution in [3.63, 3.8) is 0 Å². The highest BCUT2D eigenvalue weighted by Crippen LogP contribution is 2.29. The minimum absolute atomic E-state index is 0.445. The van der Waals surface area contributed by atoms with Crippen molar-refractivity contribution in [1.82, 2.24) is 9.88 Å². The SMILES string of the molecule is NCc1ncccc1CN1CCOC2CCCCC21. The summed E-state index contributed by atoms with van der Waals surface area (Å²) in [5.74, 6) is 0. The maximum absolute atomic E-state index is 5.92. The molecule has 2 aliphatic rings. The van der Waals surface area contributed by atoms with Gasteiger partial charge in [-0.15, -0.1) is 0 Å². The molecule has 2 atom stereocenters. The average molecular weight is 261 g/mol. The maximum atomic E-state index is 5.92. The second-order valence-electron chi connectivity index (χ2n) is 5.54. The predicted molar refractivity (Wildman–Crippen MR) is 74.5 cm³/mol. The molecule has 0 aromatic carbocycles. The van der Waals surface area contributed by atoms with E-state index in [0.717, 1.165) is 25.4 Å². The normalized spacial score (nSPS) is 28.1. The summed E-state index contributed by atoms with van der Waals surface area (Å²) in [6, 6.07) is 4.75.